The van der Waals surface area contributed by atoms with Gasteiger partial charge < -0.3 is 10.4 Å². The van der Waals surface area contributed by atoms with Crippen molar-refractivity contribution in [1.29, 1.82) is 0 Å². The molecule has 0 saturated heterocycles. The maximum atomic E-state index is 8.84. The smallest absolute Gasteiger partial charge is 0.0540 e. The standard InChI is InChI=1S/C10H15BrN2O/c1-2-9(3-4-14)13-10-5-8(11)6-12-7-10/h5-7,9,13-14H,2-4H2,1H3. The van der Waals surface area contributed by atoms with E-state index >= 15 is 0 Å². The van der Waals surface area contributed by atoms with Crippen LogP contribution in [-0.2, 0) is 0 Å². The Labute approximate surface area is 92.7 Å². The lowest BCUT2D eigenvalue weighted by Crippen LogP contribution is -2.19. The highest BCUT2D eigenvalue weighted by atomic mass is 79.9. The van der Waals surface area contributed by atoms with E-state index in [2.05, 4.69) is 33.2 Å². The highest BCUT2D eigenvalue weighted by molar-refractivity contribution is 9.10. The van der Waals surface area contributed by atoms with Crippen molar-refractivity contribution in [3.63, 3.8) is 0 Å². The monoisotopic (exact) mass is 258 g/mol. The maximum absolute atomic E-state index is 8.84. The summed E-state index contributed by atoms with van der Waals surface area (Å²) >= 11 is 3.36. The predicted molar refractivity (Wildman–Crippen MR) is 61.3 cm³/mol. The summed E-state index contributed by atoms with van der Waals surface area (Å²) in [6.45, 7) is 2.31. The van der Waals surface area contributed by atoms with E-state index in [1.54, 1.807) is 12.4 Å². The van der Waals surface area contributed by atoms with E-state index in [-0.39, 0.29) is 6.61 Å². The molecule has 0 aliphatic rings. The first-order valence-electron chi connectivity index (χ1n) is 4.74. The second kappa shape index (κ2) is 5.98. The molecule has 78 valence electrons. The zero-order chi connectivity index (χ0) is 10.4. The van der Waals surface area contributed by atoms with Crippen molar-refractivity contribution >= 4 is 21.6 Å². The van der Waals surface area contributed by atoms with Crippen LogP contribution in [0, 0.1) is 0 Å². The maximum Gasteiger partial charge on any atom is 0.0540 e. The first-order valence-corrected chi connectivity index (χ1v) is 5.53. The molecule has 1 aromatic rings. The molecule has 0 aromatic carbocycles. The van der Waals surface area contributed by atoms with E-state index in [4.69, 9.17) is 5.11 Å². The van der Waals surface area contributed by atoms with Gasteiger partial charge >= 0.3 is 0 Å². The van der Waals surface area contributed by atoms with Crippen LogP contribution in [-0.4, -0.2) is 22.7 Å². The summed E-state index contributed by atoms with van der Waals surface area (Å²) < 4.78 is 0.960. The largest absolute Gasteiger partial charge is 0.396 e. The molecular formula is C10H15BrN2O. The third-order valence-electron chi connectivity index (χ3n) is 2.05. The van der Waals surface area contributed by atoms with Crippen LogP contribution in [0.2, 0.25) is 0 Å². The van der Waals surface area contributed by atoms with Gasteiger partial charge in [-0.3, -0.25) is 4.98 Å². The minimum absolute atomic E-state index is 0.215. The van der Waals surface area contributed by atoms with Crippen molar-refractivity contribution in [2.45, 2.75) is 25.8 Å². The van der Waals surface area contributed by atoms with Crippen molar-refractivity contribution in [2.24, 2.45) is 0 Å². The molecule has 3 nitrogen and oxygen atoms in total. The number of nitrogens with one attached hydrogen (secondary N) is 1. The molecule has 0 fully saturated rings. The number of aromatic nitrogens is 1. The van der Waals surface area contributed by atoms with Crippen molar-refractivity contribution in [3.8, 4) is 0 Å². The van der Waals surface area contributed by atoms with Gasteiger partial charge in [-0.1, -0.05) is 6.92 Å². The van der Waals surface area contributed by atoms with E-state index in [1.807, 2.05) is 6.07 Å². The van der Waals surface area contributed by atoms with E-state index in [9.17, 15) is 0 Å². The van der Waals surface area contributed by atoms with Gasteiger partial charge in [0.25, 0.3) is 0 Å². The Bertz CT molecular complexity index is 281. The lowest BCUT2D eigenvalue weighted by Gasteiger charge is -2.16. The van der Waals surface area contributed by atoms with Crippen LogP contribution in [0.3, 0.4) is 0 Å². The minimum atomic E-state index is 0.215. The van der Waals surface area contributed by atoms with Crippen LogP contribution >= 0.6 is 15.9 Å². The third-order valence-corrected chi connectivity index (χ3v) is 2.48. The third kappa shape index (κ3) is 3.64. The van der Waals surface area contributed by atoms with E-state index in [0.29, 0.717) is 6.04 Å². The highest BCUT2D eigenvalue weighted by Gasteiger charge is 2.05. The first kappa shape index (κ1) is 11.5. The topological polar surface area (TPSA) is 45.1 Å². The van der Waals surface area contributed by atoms with E-state index in [1.165, 1.54) is 0 Å². The Hall–Kier alpha value is -0.610. The normalized spacial score (nSPS) is 12.5. The van der Waals surface area contributed by atoms with Gasteiger partial charge in [0.05, 0.1) is 11.9 Å². The zero-order valence-corrected chi connectivity index (χ0v) is 9.79. The molecule has 0 saturated carbocycles. The number of aliphatic hydroxyl groups excluding tert-OH is 1. The van der Waals surface area contributed by atoms with Gasteiger partial charge in [-0.05, 0) is 34.8 Å². The molecule has 4 heteroatoms. The molecular weight excluding hydrogens is 244 g/mol. The van der Waals surface area contributed by atoms with Crippen LogP contribution in [0.4, 0.5) is 5.69 Å². The molecule has 0 spiro atoms. The van der Waals surface area contributed by atoms with Gasteiger partial charge in [0, 0.05) is 23.3 Å². The van der Waals surface area contributed by atoms with Crippen LogP contribution in [0.1, 0.15) is 19.8 Å². The predicted octanol–water partition coefficient (Wildman–Crippen LogP) is 2.42. The highest BCUT2D eigenvalue weighted by Crippen LogP contribution is 2.15. The number of hydrogen-bond donors (Lipinski definition) is 2. The number of anilines is 1. The van der Waals surface area contributed by atoms with Gasteiger partial charge in [-0.25, -0.2) is 0 Å². The SMILES string of the molecule is CCC(CCO)Nc1cncc(Br)c1. The van der Waals surface area contributed by atoms with Crippen molar-refractivity contribution in [2.75, 3.05) is 11.9 Å². The summed E-state index contributed by atoms with van der Waals surface area (Å²) in [6, 6.07) is 2.30. The fourth-order valence-electron chi connectivity index (χ4n) is 1.26. The molecule has 1 rings (SSSR count). The quantitative estimate of drug-likeness (QED) is 0.853. The van der Waals surface area contributed by atoms with Crippen molar-refractivity contribution in [1.82, 2.24) is 4.98 Å². The van der Waals surface area contributed by atoms with E-state index < -0.39 is 0 Å². The molecule has 1 heterocycles. The Morgan fingerprint density at radius 2 is 2.36 bits per heavy atom. The van der Waals surface area contributed by atoms with Crippen molar-refractivity contribution in [3.05, 3.63) is 22.9 Å². The fourth-order valence-corrected chi connectivity index (χ4v) is 1.63. The molecule has 0 aliphatic heterocycles. The molecule has 2 N–H and O–H groups in total. The number of aliphatic hydroxyl groups is 1. The summed E-state index contributed by atoms with van der Waals surface area (Å²) in [5.74, 6) is 0. The Morgan fingerprint density at radius 1 is 1.57 bits per heavy atom. The van der Waals surface area contributed by atoms with Crippen LogP contribution in [0.25, 0.3) is 0 Å². The van der Waals surface area contributed by atoms with Gasteiger partial charge in [0.15, 0.2) is 0 Å². The van der Waals surface area contributed by atoms with Crippen LogP contribution in [0.15, 0.2) is 22.9 Å². The summed E-state index contributed by atoms with van der Waals surface area (Å²) in [7, 11) is 0. The molecule has 1 atom stereocenters. The molecule has 1 aromatic heterocycles. The molecule has 14 heavy (non-hydrogen) atoms. The number of pyridine rings is 1. The number of hydrogen-bond acceptors (Lipinski definition) is 3. The Kier molecular flexibility index (Phi) is 4.90. The lowest BCUT2D eigenvalue weighted by molar-refractivity contribution is 0.278. The van der Waals surface area contributed by atoms with Crippen LogP contribution in [0.5, 0.6) is 0 Å². The summed E-state index contributed by atoms with van der Waals surface area (Å²) in [4.78, 5) is 4.06. The van der Waals surface area contributed by atoms with Crippen LogP contribution < -0.4 is 5.32 Å². The number of halogens is 1. The average molecular weight is 259 g/mol. The molecule has 0 radical (unpaired) electrons. The van der Waals surface area contributed by atoms with E-state index in [0.717, 1.165) is 23.0 Å². The van der Waals surface area contributed by atoms with Crippen molar-refractivity contribution < 1.29 is 5.11 Å². The molecule has 0 bridgehead atoms. The zero-order valence-electron chi connectivity index (χ0n) is 8.20. The minimum Gasteiger partial charge on any atom is -0.396 e. The number of nitrogens with zero attached hydrogens (tertiary/aromatic N) is 1. The number of rotatable bonds is 5. The fraction of sp³-hybridized carbons (Fsp3) is 0.500. The first-order chi connectivity index (χ1) is 6.76. The van der Waals surface area contributed by atoms with Gasteiger partial charge in [-0.2, -0.15) is 0 Å². The molecule has 0 amide bonds. The molecule has 0 aliphatic carbocycles. The van der Waals surface area contributed by atoms with Gasteiger partial charge in [-0.15, -0.1) is 0 Å². The Balaban J connectivity index is 2.57. The Morgan fingerprint density at radius 3 is 2.93 bits per heavy atom. The summed E-state index contributed by atoms with van der Waals surface area (Å²) in [5, 5.41) is 12.2. The average Bonchev–Trinajstić information content (AvgIpc) is 2.17. The molecule has 1 unspecified atom stereocenters. The lowest BCUT2D eigenvalue weighted by atomic mass is 10.1. The van der Waals surface area contributed by atoms with Gasteiger partial charge in [0.2, 0.25) is 0 Å². The second-order valence-electron chi connectivity index (χ2n) is 3.15. The summed E-state index contributed by atoms with van der Waals surface area (Å²) in [6.07, 6.45) is 5.29. The second-order valence-corrected chi connectivity index (χ2v) is 4.07. The van der Waals surface area contributed by atoms with Gasteiger partial charge in [0.1, 0.15) is 0 Å². The summed E-state index contributed by atoms with van der Waals surface area (Å²) in [5.41, 5.74) is 0.986.